The maximum atomic E-state index is 12.5. The number of allylic oxidation sites excluding steroid dienone is 4. The van der Waals surface area contributed by atoms with Crippen molar-refractivity contribution < 1.29 is 24.5 Å². The molecule has 5 nitrogen and oxygen atoms in total. The summed E-state index contributed by atoms with van der Waals surface area (Å²) in [6, 6.07) is 3.41. The summed E-state index contributed by atoms with van der Waals surface area (Å²) in [6.45, 7) is 0. The van der Waals surface area contributed by atoms with E-state index in [2.05, 4.69) is 0 Å². The molecule has 0 aromatic heterocycles. The van der Waals surface area contributed by atoms with Gasteiger partial charge in [-0.15, -0.1) is 0 Å². The van der Waals surface area contributed by atoms with Crippen LogP contribution in [0, 0.1) is 0 Å². The Hall–Kier alpha value is -2.50. The molecule has 3 atom stereocenters. The second-order valence-electron chi connectivity index (χ2n) is 7.27. The van der Waals surface area contributed by atoms with E-state index >= 15 is 0 Å². The van der Waals surface area contributed by atoms with E-state index in [9.17, 15) is 19.8 Å². The summed E-state index contributed by atoms with van der Waals surface area (Å²) in [6.07, 6.45) is 3.43. The predicted molar refractivity (Wildman–Crippen MR) is 93.9 cm³/mol. The van der Waals surface area contributed by atoms with E-state index in [0.717, 1.165) is 33.4 Å². The molecular formula is C21H18O5. The Kier molecular flexibility index (Phi) is 3.18. The SMILES string of the molecule is COC1C(=O)C(O)CC2=C1C1C(=C3CCC(=O)c4c(O)ccc1c43)C=C2. The van der Waals surface area contributed by atoms with Crippen molar-refractivity contribution in [2.24, 2.45) is 0 Å². The molecule has 3 unspecified atom stereocenters. The van der Waals surface area contributed by atoms with Gasteiger partial charge in [0.2, 0.25) is 0 Å². The lowest BCUT2D eigenvalue weighted by Gasteiger charge is -2.35. The highest BCUT2D eigenvalue weighted by atomic mass is 16.5. The Morgan fingerprint density at radius 2 is 1.92 bits per heavy atom. The van der Waals surface area contributed by atoms with Gasteiger partial charge in [-0.25, -0.2) is 0 Å². The number of rotatable bonds is 1. The van der Waals surface area contributed by atoms with Crippen LogP contribution in [0.2, 0.25) is 0 Å². The van der Waals surface area contributed by atoms with Gasteiger partial charge in [0.05, 0.1) is 5.56 Å². The first-order valence-electron chi connectivity index (χ1n) is 8.81. The third kappa shape index (κ3) is 1.82. The van der Waals surface area contributed by atoms with E-state index in [1.54, 1.807) is 6.07 Å². The van der Waals surface area contributed by atoms with Crippen molar-refractivity contribution in [1.29, 1.82) is 0 Å². The van der Waals surface area contributed by atoms with Gasteiger partial charge < -0.3 is 14.9 Å². The van der Waals surface area contributed by atoms with Gasteiger partial charge in [0.15, 0.2) is 11.6 Å². The maximum absolute atomic E-state index is 12.5. The van der Waals surface area contributed by atoms with E-state index in [-0.39, 0.29) is 29.7 Å². The van der Waals surface area contributed by atoms with Gasteiger partial charge in [-0.2, -0.15) is 0 Å². The van der Waals surface area contributed by atoms with Gasteiger partial charge in [-0.3, -0.25) is 9.59 Å². The first-order chi connectivity index (χ1) is 12.5. The van der Waals surface area contributed by atoms with Gasteiger partial charge in [-0.05, 0) is 45.9 Å². The van der Waals surface area contributed by atoms with Gasteiger partial charge in [0.1, 0.15) is 18.0 Å². The van der Waals surface area contributed by atoms with E-state index < -0.39 is 12.2 Å². The molecule has 0 spiro atoms. The lowest BCUT2D eigenvalue weighted by molar-refractivity contribution is -0.136. The number of hydrogen-bond acceptors (Lipinski definition) is 5. The van der Waals surface area contributed by atoms with Crippen molar-refractivity contribution >= 4 is 17.1 Å². The topological polar surface area (TPSA) is 83.8 Å². The number of hydrogen-bond donors (Lipinski definition) is 2. The van der Waals surface area contributed by atoms with Gasteiger partial charge in [0.25, 0.3) is 0 Å². The fraction of sp³-hybridized carbons (Fsp3) is 0.333. The second kappa shape index (κ2) is 5.25. The standard InChI is InChI=1S/C21H18O5/c1-26-21-16-9(8-15(24)20(21)25)2-3-10-11-4-6-13(22)19-14(23)7-5-12(17(10)16)18(11)19/h2-3,5,7,15,17,21,23-24H,4,6,8H2,1H3. The van der Waals surface area contributed by atoms with E-state index in [4.69, 9.17) is 4.74 Å². The molecule has 0 saturated carbocycles. The minimum atomic E-state index is -1.05. The summed E-state index contributed by atoms with van der Waals surface area (Å²) in [7, 11) is 1.48. The van der Waals surface area contributed by atoms with E-state index in [1.165, 1.54) is 7.11 Å². The van der Waals surface area contributed by atoms with Crippen molar-refractivity contribution in [3.8, 4) is 5.75 Å². The minimum absolute atomic E-state index is 0.0156. The number of aliphatic hydroxyl groups is 1. The van der Waals surface area contributed by atoms with E-state index in [0.29, 0.717) is 18.4 Å². The zero-order chi connectivity index (χ0) is 18.2. The molecule has 4 aliphatic rings. The summed E-state index contributed by atoms with van der Waals surface area (Å²) in [4.78, 5) is 24.9. The van der Waals surface area contributed by atoms with Crippen LogP contribution >= 0.6 is 0 Å². The molecule has 132 valence electrons. The van der Waals surface area contributed by atoms with Crippen LogP contribution in [0.1, 0.15) is 46.7 Å². The largest absolute Gasteiger partial charge is 0.507 e. The zero-order valence-electron chi connectivity index (χ0n) is 14.3. The third-order valence-corrected chi connectivity index (χ3v) is 6.03. The Balaban J connectivity index is 1.79. The lowest BCUT2D eigenvalue weighted by Crippen LogP contribution is -2.41. The third-order valence-electron chi connectivity index (χ3n) is 6.03. The molecule has 0 heterocycles. The summed E-state index contributed by atoms with van der Waals surface area (Å²) >= 11 is 0. The van der Waals surface area contributed by atoms with Crippen LogP contribution in [0.25, 0.3) is 5.57 Å². The molecule has 0 bridgehead atoms. The lowest BCUT2D eigenvalue weighted by atomic mass is 9.73. The predicted octanol–water partition coefficient (Wildman–Crippen LogP) is 2.43. The zero-order valence-corrected chi connectivity index (χ0v) is 14.3. The van der Waals surface area contributed by atoms with Crippen LogP contribution in [0.15, 0.2) is 41.0 Å². The van der Waals surface area contributed by atoms with Crippen LogP contribution in [0.3, 0.4) is 0 Å². The Morgan fingerprint density at radius 3 is 2.69 bits per heavy atom. The first kappa shape index (κ1) is 15.7. The van der Waals surface area contributed by atoms with Gasteiger partial charge in [0, 0.05) is 25.9 Å². The van der Waals surface area contributed by atoms with Crippen LogP contribution < -0.4 is 0 Å². The average molecular weight is 350 g/mol. The molecule has 1 aromatic rings. The first-order valence-corrected chi connectivity index (χ1v) is 8.81. The molecule has 1 aromatic carbocycles. The minimum Gasteiger partial charge on any atom is -0.507 e. The van der Waals surface area contributed by atoms with Crippen molar-refractivity contribution in [2.45, 2.75) is 37.4 Å². The Morgan fingerprint density at radius 1 is 1.12 bits per heavy atom. The highest BCUT2D eigenvalue weighted by molar-refractivity contribution is 6.09. The number of carbonyl (C=O) groups excluding carboxylic acids is 2. The molecular weight excluding hydrogens is 332 g/mol. The number of ether oxygens (including phenoxy) is 1. The van der Waals surface area contributed by atoms with E-state index in [1.807, 2.05) is 18.2 Å². The van der Waals surface area contributed by atoms with Crippen LogP contribution in [-0.4, -0.2) is 41.1 Å². The Labute approximate surface area is 150 Å². The molecule has 5 rings (SSSR count). The van der Waals surface area contributed by atoms with Crippen molar-refractivity contribution in [2.75, 3.05) is 7.11 Å². The van der Waals surface area contributed by atoms with Gasteiger partial charge in [-0.1, -0.05) is 18.2 Å². The quantitative estimate of drug-likeness (QED) is 0.813. The summed E-state index contributed by atoms with van der Waals surface area (Å²) in [5.41, 5.74) is 6.10. The summed E-state index contributed by atoms with van der Waals surface area (Å²) < 4.78 is 5.49. The monoisotopic (exact) mass is 350 g/mol. The van der Waals surface area contributed by atoms with Crippen molar-refractivity contribution in [3.63, 3.8) is 0 Å². The number of methoxy groups -OCH3 is 1. The number of phenolic OH excluding ortho intramolecular Hbond substituents is 1. The molecule has 0 amide bonds. The van der Waals surface area contributed by atoms with Crippen LogP contribution in [0.4, 0.5) is 0 Å². The number of fused-ring (bicyclic) bond motifs is 3. The smallest absolute Gasteiger partial charge is 0.194 e. The number of carbonyl (C=O) groups is 2. The molecule has 0 radical (unpaired) electrons. The van der Waals surface area contributed by atoms with Crippen molar-refractivity contribution in [3.05, 3.63) is 57.7 Å². The fourth-order valence-electron chi connectivity index (χ4n) is 4.96. The number of aliphatic hydroxyl groups excluding tert-OH is 1. The Bertz CT molecular complexity index is 978. The normalized spacial score (nSPS) is 29.1. The maximum Gasteiger partial charge on any atom is 0.194 e. The molecule has 0 saturated heterocycles. The number of ketones is 2. The number of aromatic hydroxyl groups is 1. The number of phenols is 1. The molecule has 26 heavy (non-hydrogen) atoms. The molecule has 0 aliphatic heterocycles. The van der Waals surface area contributed by atoms with Gasteiger partial charge >= 0.3 is 0 Å². The number of Topliss-reactive ketones (excluding diaryl/α,β-unsaturated/α-hetero) is 2. The fourth-order valence-corrected chi connectivity index (χ4v) is 4.96. The van der Waals surface area contributed by atoms with Crippen LogP contribution in [0.5, 0.6) is 5.75 Å². The summed E-state index contributed by atoms with van der Waals surface area (Å²) in [5, 5.41) is 20.3. The second-order valence-corrected chi connectivity index (χ2v) is 7.27. The summed E-state index contributed by atoms with van der Waals surface area (Å²) in [5.74, 6) is -0.506. The molecule has 5 heteroatoms. The molecule has 4 aliphatic carbocycles. The molecule has 0 fully saturated rings. The molecule has 2 N–H and O–H groups in total. The highest BCUT2D eigenvalue weighted by Gasteiger charge is 2.46. The highest BCUT2D eigenvalue weighted by Crippen LogP contribution is 2.56. The van der Waals surface area contributed by atoms with Crippen LogP contribution in [-0.2, 0) is 9.53 Å². The average Bonchev–Trinajstić information content (AvgIpc) is 2.95. The van der Waals surface area contributed by atoms with Crippen molar-refractivity contribution in [1.82, 2.24) is 0 Å². The number of benzene rings is 1.